The highest BCUT2D eigenvalue weighted by atomic mass is 35.5. The molecule has 0 saturated heterocycles. The summed E-state index contributed by atoms with van der Waals surface area (Å²) in [5.74, 6) is -0.621. The number of aryl methyl sites for hydroxylation is 1. The van der Waals surface area contributed by atoms with E-state index in [1.807, 2.05) is 0 Å². The number of carbonyl (C=O) groups is 2. The summed E-state index contributed by atoms with van der Waals surface area (Å²) in [6, 6.07) is 7.74. The molecule has 40 heavy (non-hydrogen) atoms. The molecule has 1 aliphatic heterocycles. The zero-order chi connectivity index (χ0) is 28.4. The molecule has 1 saturated carbocycles. The van der Waals surface area contributed by atoms with Crippen molar-refractivity contribution in [2.24, 2.45) is 11.0 Å². The van der Waals surface area contributed by atoms with E-state index in [0.29, 0.717) is 23.0 Å². The summed E-state index contributed by atoms with van der Waals surface area (Å²) in [6.07, 6.45) is 6.00. The zero-order valence-electron chi connectivity index (χ0n) is 21.2. The Morgan fingerprint density at radius 2 is 1.88 bits per heavy atom. The minimum Gasteiger partial charge on any atom is -0.361 e. The summed E-state index contributed by atoms with van der Waals surface area (Å²) in [5.41, 5.74) is 1.04. The summed E-state index contributed by atoms with van der Waals surface area (Å²) in [6.45, 7) is 2.25. The molecule has 2 amide bonds. The third-order valence-electron chi connectivity index (χ3n) is 6.33. The van der Waals surface area contributed by atoms with Crippen molar-refractivity contribution in [3.8, 4) is 0 Å². The third-order valence-corrected chi connectivity index (χ3v) is 8.10. The number of hydrogen-bond acceptors (Lipinski definition) is 9. The van der Waals surface area contributed by atoms with Crippen molar-refractivity contribution in [2.45, 2.75) is 37.1 Å². The number of nitrogens with zero attached hydrogens (tertiary/aromatic N) is 4. The number of hydrazone groups is 1. The topological polar surface area (TPSA) is 143 Å². The summed E-state index contributed by atoms with van der Waals surface area (Å²) in [4.78, 5) is 34.6. The zero-order valence-corrected chi connectivity index (χ0v) is 23.5. The summed E-state index contributed by atoms with van der Waals surface area (Å²) >= 11 is 12.6. The molecule has 0 spiro atoms. The van der Waals surface area contributed by atoms with Crippen molar-refractivity contribution >= 4 is 62.5 Å². The molecule has 1 aromatic carbocycles. The van der Waals surface area contributed by atoms with E-state index in [0.717, 1.165) is 12.8 Å². The molecule has 14 heteroatoms. The van der Waals surface area contributed by atoms with Crippen molar-refractivity contribution < 1.29 is 22.2 Å². The van der Waals surface area contributed by atoms with E-state index in [1.54, 1.807) is 25.1 Å². The number of hydrogen-bond donors (Lipinski definition) is 2. The molecule has 1 fully saturated rings. The Morgan fingerprint density at radius 3 is 2.58 bits per heavy atom. The molecule has 5 rings (SSSR count). The lowest BCUT2D eigenvalue weighted by Gasteiger charge is -2.23. The number of benzene rings is 1. The number of carbonyl (C=O) groups excluding carboxylic acids is 2. The van der Waals surface area contributed by atoms with Gasteiger partial charge in [0.15, 0.2) is 5.82 Å². The van der Waals surface area contributed by atoms with Crippen LogP contribution in [0.4, 0.5) is 11.5 Å². The van der Waals surface area contributed by atoms with E-state index in [2.05, 4.69) is 25.7 Å². The Balaban J connectivity index is 1.43. The van der Waals surface area contributed by atoms with E-state index in [9.17, 15) is 18.0 Å². The Kier molecular flexibility index (Phi) is 7.92. The third kappa shape index (κ3) is 6.19. The van der Waals surface area contributed by atoms with Crippen LogP contribution in [-0.2, 0) is 19.1 Å². The lowest BCUT2D eigenvalue weighted by molar-refractivity contribution is -0.117. The van der Waals surface area contributed by atoms with Gasteiger partial charge in [-0.15, -0.1) is 5.10 Å². The first-order chi connectivity index (χ1) is 19.1. The van der Waals surface area contributed by atoms with Gasteiger partial charge in [-0.1, -0.05) is 23.2 Å². The van der Waals surface area contributed by atoms with Gasteiger partial charge in [0.05, 0.1) is 22.7 Å². The van der Waals surface area contributed by atoms with Crippen LogP contribution in [0.3, 0.4) is 0 Å². The summed E-state index contributed by atoms with van der Waals surface area (Å²) in [7, 11) is -4.26. The van der Waals surface area contributed by atoms with Gasteiger partial charge in [-0.25, -0.2) is 9.99 Å². The van der Waals surface area contributed by atoms with Gasteiger partial charge in [0.1, 0.15) is 10.9 Å². The number of anilines is 2. The number of halogens is 2. The molecule has 0 bridgehead atoms. The quantitative estimate of drug-likeness (QED) is 0.366. The van der Waals surface area contributed by atoms with E-state index in [1.165, 1.54) is 41.8 Å². The fraction of sp³-hybridized carbons (Fsp3) is 0.269. The number of pyridine rings is 2. The van der Waals surface area contributed by atoms with Crippen molar-refractivity contribution in [3.05, 3.63) is 76.2 Å². The number of nitrogens with one attached hydrogen (secondary N) is 2. The average molecular weight is 603 g/mol. The number of rotatable bonds is 8. The Labute approximate surface area is 240 Å². The molecule has 1 unspecified atom stereocenters. The first kappa shape index (κ1) is 27.8. The van der Waals surface area contributed by atoms with Crippen molar-refractivity contribution in [1.29, 1.82) is 0 Å². The molecule has 208 valence electrons. The Bertz CT molecular complexity index is 1600. The molecule has 0 radical (unpaired) electrons. The normalized spacial score (nSPS) is 16.8. The second-order valence-electron chi connectivity index (χ2n) is 9.38. The van der Waals surface area contributed by atoms with E-state index >= 15 is 0 Å². The molecular formula is C26H24Cl2N6O5S. The highest BCUT2D eigenvalue weighted by molar-refractivity contribution is 7.87. The van der Waals surface area contributed by atoms with Gasteiger partial charge in [0.2, 0.25) is 11.8 Å². The van der Waals surface area contributed by atoms with Crippen LogP contribution in [0.5, 0.6) is 0 Å². The number of aromatic nitrogens is 2. The van der Waals surface area contributed by atoms with Gasteiger partial charge in [0, 0.05) is 30.2 Å². The molecule has 3 aromatic rings. The van der Waals surface area contributed by atoms with Crippen LogP contribution in [0.1, 0.15) is 35.2 Å². The van der Waals surface area contributed by atoms with Gasteiger partial charge in [-0.2, -0.15) is 8.42 Å². The maximum absolute atomic E-state index is 13.7. The monoisotopic (exact) mass is 602 g/mol. The van der Waals surface area contributed by atoms with E-state index < -0.39 is 22.1 Å². The van der Waals surface area contributed by atoms with Gasteiger partial charge in [-0.3, -0.25) is 14.6 Å². The predicted molar refractivity (Wildman–Crippen MR) is 150 cm³/mol. The molecule has 2 aliphatic rings. The van der Waals surface area contributed by atoms with Crippen LogP contribution in [0.15, 0.2) is 65.0 Å². The first-order valence-electron chi connectivity index (χ1n) is 12.3. The average Bonchev–Trinajstić information content (AvgIpc) is 3.67. The highest BCUT2D eigenvalue weighted by Gasteiger charge is 2.39. The van der Waals surface area contributed by atoms with Crippen LogP contribution < -0.4 is 15.6 Å². The van der Waals surface area contributed by atoms with Gasteiger partial charge in [-0.05, 0) is 67.6 Å². The molecule has 2 aromatic heterocycles. The van der Waals surface area contributed by atoms with Crippen LogP contribution in [0, 0.1) is 12.8 Å². The standard InChI is InChI=1S/C26H24Cl2N6O5S/c1-15-11-17(27)12-19(25(35)31-14-16-4-5-16)23(15)32-26(36)21-13-22(33-34(21)24-20(28)3-2-8-30-24)39-40(37,38)18-6-9-29-10-7-18/h2-3,6-12,16,21H,4-5,13-14H2,1H3,(H,31,35)(H,32,36). The maximum atomic E-state index is 13.7. The smallest absolute Gasteiger partial charge is 0.340 e. The number of amides is 2. The van der Waals surface area contributed by atoms with E-state index in [-0.39, 0.29) is 45.2 Å². The highest BCUT2D eigenvalue weighted by Crippen LogP contribution is 2.33. The fourth-order valence-electron chi connectivity index (χ4n) is 4.11. The Hall–Kier alpha value is -3.74. The van der Waals surface area contributed by atoms with Crippen molar-refractivity contribution in [1.82, 2.24) is 15.3 Å². The molecule has 1 atom stereocenters. The van der Waals surface area contributed by atoms with Gasteiger partial charge < -0.3 is 14.8 Å². The molecular weight excluding hydrogens is 579 g/mol. The molecule has 2 N–H and O–H groups in total. The maximum Gasteiger partial charge on any atom is 0.340 e. The molecule has 11 nitrogen and oxygen atoms in total. The minimum atomic E-state index is -4.26. The first-order valence-corrected chi connectivity index (χ1v) is 14.5. The summed E-state index contributed by atoms with van der Waals surface area (Å²) in [5, 5.41) is 11.7. The second kappa shape index (κ2) is 11.4. The summed E-state index contributed by atoms with van der Waals surface area (Å²) < 4.78 is 30.9. The van der Waals surface area contributed by atoms with Gasteiger partial charge in [0.25, 0.3) is 5.91 Å². The Morgan fingerprint density at radius 1 is 1.12 bits per heavy atom. The second-order valence-corrected chi connectivity index (χ2v) is 11.8. The van der Waals surface area contributed by atoms with Crippen LogP contribution in [-0.4, -0.2) is 48.7 Å². The predicted octanol–water partition coefficient (Wildman–Crippen LogP) is 4.17. The van der Waals surface area contributed by atoms with Crippen molar-refractivity contribution in [2.75, 3.05) is 16.9 Å². The molecule has 1 aliphatic carbocycles. The largest absolute Gasteiger partial charge is 0.361 e. The lowest BCUT2D eigenvalue weighted by atomic mass is 10.1. The minimum absolute atomic E-state index is 0.124. The van der Waals surface area contributed by atoms with Crippen LogP contribution in [0.2, 0.25) is 10.0 Å². The van der Waals surface area contributed by atoms with E-state index in [4.69, 9.17) is 27.4 Å². The van der Waals surface area contributed by atoms with Crippen molar-refractivity contribution in [3.63, 3.8) is 0 Å². The fourth-order valence-corrected chi connectivity index (χ4v) is 5.49. The van der Waals surface area contributed by atoms with Gasteiger partial charge >= 0.3 is 10.1 Å². The van der Waals surface area contributed by atoms with Crippen LogP contribution >= 0.6 is 23.2 Å². The molecule has 3 heterocycles. The lowest BCUT2D eigenvalue weighted by Crippen LogP contribution is -2.40. The van der Waals surface area contributed by atoms with Crippen LogP contribution in [0.25, 0.3) is 0 Å². The SMILES string of the molecule is Cc1cc(Cl)cc(C(=O)NCC2CC2)c1NC(=O)C1CC(OS(=O)(=O)c2ccncc2)=NN1c1ncccc1Cl.